The van der Waals surface area contributed by atoms with Gasteiger partial charge in [-0.2, -0.15) is 0 Å². The zero-order valence-electron chi connectivity index (χ0n) is 15.3. The Kier molecular flexibility index (Phi) is 4.59. The smallest absolute Gasteiger partial charge is 0.239 e. The van der Waals surface area contributed by atoms with E-state index in [0.717, 1.165) is 11.1 Å². The summed E-state index contributed by atoms with van der Waals surface area (Å²) in [5.41, 5.74) is 2.05. The van der Waals surface area contributed by atoms with E-state index >= 15 is 0 Å². The Morgan fingerprint density at radius 3 is 2.42 bits per heavy atom. The van der Waals surface area contributed by atoms with Gasteiger partial charge >= 0.3 is 0 Å². The highest BCUT2D eigenvalue weighted by Gasteiger charge is 2.36. The molecule has 6 heteroatoms. The first-order valence-corrected chi connectivity index (χ1v) is 8.38. The van der Waals surface area contributed by atoms with Crippen LogP contribution in [0.3, 0.4) is 0 Å². The molecular formula is C20H22N2O4. The van der Waals surface area contributed by atoms with Gasteiger partial charge in [0.25, 0.3) is 0 Å². The Hall–Kier alpha value is -3.02. The molecule has 2 aromatic rings. The van der Waals surface area contributed by atoms with Crippen LogP contribution in [-0.4, -0.2) is 18.6 Å². The zero-order valence-corrected chi connectivity index (χ0v) is 15.3. The van der Waals surface area contributed by atoms with Gasteiger partial charge in [0.15, 0.2) is 11.5 Å². The Balaban J connectivity index is 1.73. The van der Waals surface area contributed by atoms with Crippen molar-refractivity contribution in [3.8, 4) is 11.5 Å². The highest BCUT2D eigenvalue weighted by molar-refractivity contribution is 6.14. The van der Waals surface area contributed by atoms with Crippen LogP contribution in [0.1, 0.15) is 25.0 Å². The van der Waals surface area contributed by atoms with Gasteiger partial charge in [-0.05, 0) is 57.0 Å². The van der Waals surface area contributed by atoms with Crippen molar-refractivity contribution in [1.29, 1.82) is 0 Å². The molecule has 0 atom stereocenters. The highest BCUT2D eigenvalue weighted by Crippen LogP contribution is 2.34. The van der Waals surface area contributed by atoms with Crippen LogP contribution < -0.4 is 20.1 Å². The average Bonchev–Trinajstić information content (AvgIpc) is 3.06. The molecule has 2 aromatic carbocycles. The highest BCUT2D eigenvalue weighted by atomic mass is 16.7. The third-order valence-electron chi connectivity index (χ3n) is 4.62. The summed E-state index contributed by atoms with van der Waals surface area (Å²) in [6.07, 6.45) is 0. The molecule has 0 unspecified atom stereocenters. The van der Waals surface area contributed by atoms with Crippen LogP contribution in [0.4, 0.5) is 11.4 Å². The van der Waals surface area contributed by atoms with Crippen molar-refractivity contribution in [2.24, 2.45) is 5.41 Å². The van der Waals surface area contributed by atoms with Gasteiger partial charge in [0.2, 0.25) is 18.6 Å². The number of aryl methyl sites for hydroxylation is 1. The SMILES string of the molecule is Cc1cccc(NC(=O)C(C)(C)C(=O)Nc2ccc3c(c2)OCO3)c1C. The summed E-state index contributed by atoms with van der Waals surface area (Å²) in [5, 5.41) is 5.62. The number of carbonyl (C=O) groups excluding carboxylic acids is 2. The van der Waals surface area contributed by atoms with Crippen molar-refractivity contribution in [3.63, 3.8) is 0 Å². The van der Waals surface area contributed by atoms with E-state index in [9.17, 15) is 9.59 Å². The van der Waals surface area contributed by atoms with Crippen LogP contribution in [0, 0.1) is 19.3 Å². The monoisotopic (exact) mass is 354 g/mol. The molecule has 1 aliphatic rings. The van der Waals surface area contributed by atoms with Crippen LogP contribution in [0.25, 0.3) is 0 Å². The number of benzene rings is 2. The molecular weight excluding hydrogens is 332 g/mol. The third-order valence-corrected chi connectivity index (χ3v) is 4.62. The summed E-state index contributed by atoms with van der Waals surface area (Å²) in [4.78, 5) is 25.4. The lowest BCUT2D eigenvalue weighted by atomic mass is 9.90. The fraction of sp³-hybridized carbons (Fsp3) is 0.300. The molecule has 0 bridgehead atoms. The molecule has 3 rings (SSSR count). The molecule has 0 aromatic heterocycles. The van der Waals surface area contributed by atoms with Gasteiger partial charge in [-0.1, -0.05) is 12.1 Å². The lowest BCUT2D eigenvalue weighted by Gasteiger charge is -2.23. The molecule has 1 aliphatic heterocycles. The van der Waals surface area contributed by atoms with Crippen LogP contribution in [-0.2, 0) is 9.59 Å². The van der Waals surface area contributed by atoms with Gasteiger partial charge in [0.1, 0.15) is 5.41 Å². The van der Waals surface area contributed by atoms with Gasteiger partial charge in [-0.25, -0.2) is 0 Å². The van der Waals surface area contributed by atoms with Crippen molar-refractivity contribution in [3.05, 3.63) is 47.5 Å². The second kappa shape index (κ2) is 6.71. The fourth-order valence-corrected chi connectivity index (χ4v) is 2.53. The minimum absolute atomic E-state index is 0.163. The van der Waals surface area contributed by atoms with E-state index in [0.29, 0.717) is 22.9 Å². The molecule has 6 nitrogen and oxygen atoms in total. The molecule has 0 saturated heterocycles. The Morgan fingerprint density at radius 1 is 0.962 bits per heavy atom. The fourth-order valence-electron chi connectivity index (χ4n) is 2.53. The number of amides is 2. The molecule has 0 aliphatic carbocycles. The normalized spacial score (nSPS) is 12.6. The topological polar surface area (TPSA) is 76.7 Å². The van der Waals surface area contributed by atoms with E-state index in [1.54, 1.807) is 32.0 Å². The summed E-state index contributed by atoms with van der Waals surface area (Å²) in [7, 11) is 0. The lowest BCUT2D eigenvalue weighted by Crippen LogP contribution is -2.41. The summed E-state index contributed by atoms with van der Waals surface area (Å²) in [6.45, 7) is 7.26. The minimum Gasteiger partial charge on any atom is -0.454 e. The number of fused-ring (bicyclic) bond motifs is 1. The van der Waals surface area contributed by atoms with Crippen LogP contribution >= 0.6 is 0 Å². The Morgan fingerprint density at radius 2 is 1.65 bits per heavy atom. The molecule has 0 spiro atoms. The van der Waals surface area contributed by atoms with E-state index in [1.807, 2.05) is 32.0 Å². The molecule has 2 N–H and O–H groups in total. The standard InChI is InChI=1S/C20H22N2O4/c1-12-6-5-7-15(13(12)2)22-19(24)20(3,4)18(23)21-14-8-9-16-17(10-14)26-11-25-16/h5-10H,11H2,1-4H3,(H,21,23)(H,22,24). The summed E-state index contributed by atoms with van der Waals surface area (Å²) in [6, 6.07) is 10.8. The molecule has 0 saturated carbocycles. The number of hydrogen-bond acceptors (Lipinski definition) is 4. The predicted molar refractivity (Wildman–Crippen MR) is 99.5 cm³/mol. The number of anilines is 2. The Bertz CT molecular complexity index is 874. The van der Waals surface area contributed by atoms with E-state index < -0.39 is 11.3 Å². The number of hydrogen-bond donors (Lipinski definition) is 2. The number of ether oxygens (including phenoxy) is 2. The first kappa shape index (κ1) is 17.8. The van der Waals surface area contributed by atoms with Crippen LogP contribution in [0.2, 0.25) is 0 Å². The van der Waals surface area contributed by atoms with Gasteiger partial charge in [0, 0.05) is 17.4 Å². The second-order valence-corrected chi connectivity index (χ2v) is 6.85. The maximum atomic E-state index is 12.7. The molecule has 0 fully saturated rings. The molecule has 1 heterocycles. The second-order valence-electron chi connectivity index (χ2n) is 6.85. The average molecular weight is 354 g/mol. The van der Waals surface area contributed by atoms with Gasteiger partial charge in [-0.3, -0.25) is 9.59 Å². The quantitative estimate of drug-likeness (QED) is 0.822. The number of rotatable bonds is 4. The summed E-state index contributed by atoms with van der Waals surface area (Å²) in [5.74, 6) is 0.430. The van der Waals surface area contributed by atoms with Crippen molar-refractivity contribution in [2.45, 2.75) is 27.7 Å². The number of carbonyl (C=O) groups is 2. The molecule has 26 heavy (non-hydrogen) atoms. The van der Waals surface area contributed by atoms with Gasteiger partial charge in [0.05, 0.1) is 0 Å². The third kappa shape index (κ3) is 3.35. The minimum atomic E-state index is -1.26. The first-order valence-electron chi connectivity index (χ1n) is 8.38. The van der Waals surface area contributed by atoms with E-state index in [-0.39, 0.29) is 12.7 Å². The van der Waals surface area contributed by atoms with Crippen molar-refractivity contribution < 1.29 is 19.1 Å². The maximum Gasteiger partial charge on any atom is 0.239 e. The number of nitrogens with one attached hydrogen (secondary N) is 2. The lowest BCUT2D eigenvalue weighted by molar-refractivity contribution is -0.135. The first-order chi connectivity index (χ1) is 12.3. The maximum absolute atomic E-state index is 12.7. The van der Waals surface area contributed by atoms with Crippen LogP contribution in [0.15, 0.2) is 36.4 Å². The van der Waals surface area contributed by atoms with Crippen molar-refractivity contribution in [1.82, 2.24) is 0 Å². The van der Waals surface area contributed by atoms with E-state index in [2.05, 4.69) is 10.6 Å². The van der Waals surface area contributed by atoms with Gasteiger partial charge in [-0.15, -0.1) is 0 Å². The van der Waals surface area contributed by atoms with Crippen LogP contribution in [0.5, 0.6) is 11.5 Å². The molecule has 2 amide bonds. The summed E-state index contributed by atoms with van der Waals surface area (Å²) >= 11 is 0. The van der Waals surface area contributed by atoms with E-state index in [4.69, 9.17) is 9.47 Å². The largest absolute Gasteiger partial charge is 0.454 e. The Labute approximate surface area is 152 Å². The van der Waals surface area contributed by atoms with Gasteiger partial charge < -0.3 is 20.1 Å². The zero-order chi connectivity index (χ0) is 18.9. The summed E-state index contributed by atoms with van der Waals surface area (Å²) < 4.78 is 10.6. The molecule has 0 radical (unpaired) electrons. The van der Waals surface area contributed by atoms with E-state index in [1.165, 1.54) is 0 Å². The molecule has 136 valence electrons. The van der Waals surface area contributed by atoms with Crippen molar-refractivity contribution >= 4 is 23.2 Å². The van der Waals surface area contributed by atoms with Crippen molar-refractivity contribution in [2.75, 3.05) is 17.4 Å². The predicted octanol–water partition coefficient (Wildman–Crippen LogP) is 3.64.